The van der Waals surface area contributed by atoms with Gasteiger partial charge in [0.1, 0.15) is 0 Å². The molecule has 0 aliphatic carbocycles. The van der Waals surface area contributed by atoms with Crippen molar-refractivity contribution in [1.29, 1.82) is 0 Å². The van der Waals surface area contributed by atoms with Crippen LogP contribution in [0.25, 0.3) is 0 Å². The Morgan fingerprint density at radius 3 is 2.14 bits per heavy atom. The maximum atomic E-state index is 5.45. The highest BCUT2D eigenvalue weighted by molar-refractivity contribution is 7.33. The summed E-state index contributed by atoms with van der Waals surface area (Å²) in [4.78, 5) is 0. The maximum Gasteiger partial charge on any atom is 0.240 e. The van der Waals surface area contributed by atoms with E-state index in [2.05, 4.69) is 0 Å². The predicted molar refractivity (Wildman–Crippen MR) is 38.7 cm³/mol. The smallest absolute Gasteiger partial charge is 0.150 e. The molecule has 0 aliphatic rings. The molecular formula is C3H5Cl3Si. The number of allylic oxidation sites excluding steroid dienone is 1. The average Bonchev–Trinajstić information content (AvgIpc) is 1.61. The van der Waals surface area contributed by atoms with Crippen LogP contribution in [0.3, 0.4) is 0 Å². The van der Waals surface area contributed by atoms with E-state index in [1.54, 1.807) is 6.08 Å². The molecule has 0 radical (unpaired) electrons. The average molecular weight is 176 g/mol. The van der Waals surface area contributed by atoms with Crippen molar-refractivity contribution in [2.45, 2.75) is 6.04 Å². The van der Waals surface area contributed by atoms with E-state index in [4.69, 9.17) is 33.8 Å². The highest BCUT2D eigenvalue weighted by Gasteiger charge is 1.94. The van der Waals surface area contributed by atoms with Crippen molar-refractivity contribution in [2.75, 3.05) is 0 Å². The van der Waals surface area contributed by atoms with Gasteiger partial charge in [0.05, 0.1) is 0 Å². The van der Waals surface area contributed by atoms with Crippen LogP contribution in [-0.2, 0) is 0 Å². The van der Waals surface area contributed by atoms with Crippen molar-refractivity contribution in [1.82, 2.24) is 0 Å². The van der Waals surface area contributed by atoms with Crippen molar-refractivity contribution in [2.24, 2.45) is 0 Å². The summed E-state index contributed by atoms with van der Waals surface area (Å²) in [5.74, 6) is 0. The lowest BCUT2D eigenvalue weighted by atomic mass is 10.8. The van der Waals surface area contributed by atoms with Gasteiger partial charge in [-0.3, -0.25) is 0 Å². The van der Waals surface area contributed by atoms with Crippen LogP contribution >= 0.6 is 33.8 Å². The monoisotopic (exact) mass is 174 g/mol. The van der Waals surface area contributed by atoms with Gasteiger partial charge in [-0.1, -0.05) is 17.7 Å². The van der Waals surface area contributed by atoms with E-state index in [1.807, 2.05) is 0 Å². The molecule has 0 aliphatic heterocycles. The third-order valence-corrected chi connectivity index (χ3v) is 2.28. The quantitative estimate of drug-likeness (QED) is 0.447. The Morgan fingerprint density at radius 2 is 2.00 bits per heavy atom. The van der Waals surface area contributed by atoms with Gasteiger partial charge in [0.15, 0.2) is 0 Å². The molecule has 0 amide bonds. The molecule has 0 atom stereocenters. The Morgan fingerprint density at radius 1 is 1.43 bits per heavy atom. The van der Waals surface area contributed by atoms with Crippen molar-refractivity contribution >= 4 is 41.2 Å². The summed E-state index contributed by atoms with van der Waals surface area (Å²) < 4.78 is 0. The molecule has 0 fully saturated rings. The fraction of sp³-hybridized carbons (Fsp3) is 0.333. The van der Waals surface area contributed by atoms with E-state index in [0.29, 0.717) is 0 Å². The van der Waals surface area contributed by atoms with Gasteiger partial charge in [-0.2, -0.15) is 22.2 Å². The topological polar surface area (TPSA) is 0 Å². The standard InChI is InChI=1S/C3H5Cl3Si/c4-2-1-3-7(5)6/h1-2,7H,3H2. The third-order valence-electron chi connectivity index (χ3n) is 0.403. The van der Waals surface area contributed by atoms with Crippen molar-refractivity contribution in [3.63, 3.8) is 0 Å². The Bertz CT molecular complexity index is 61.2. The molecule has 0 saturated carbocycles. The van der Waals surface area contributed by atoms with Gasteiger partial charge in [-0.05, 0) is 6.04 Å². The minimum absolute atomic E-state index is 0.757. The van der Waals surface area contributed by atoms with Gasteiger partial charge in [-0.15, -0.1) is 0 Å². The fourth-order valence-electron chi connectivity index (χ4n) is 0.154. The molecule has 42 valence electrons. The normalized spacial score (nSPS) is 11.4. The van der Waals surface area contributed by atoms with Crippen LogP contribution in [0.4, 0.5) is 0 Å². The van der Waals surface area contributed by atoms with E-state index >= 15 is 0 Å². The van der Waals surface area contributed by atoms with Gasteiger partial charge in [0.25, 0.3) is 0 Å². The second-order valence-corrected chi connectivity index (χ2v) is 6.33. The zero-order chi connectivity index (χ0) is 5.70. The van der Waals surface area contributed by atoms with E-state index in [1.165, 1.54) is 5.54 Å². The summed E-state index contributed by atoms with van der Waals surface area (Å²) in [6.45, 7) is 0. The Balaban J connectivity index is 2.97. The van der Waals surface area contributed by atoms with E-state index in [0.717, 1.165) is 6.04 Å². The molecule has 0 spiro atoms. The zero-order valence-electron chi connectivity index (χ0n) is 3.57. The first kappa shape index (κ1) is 7.83. The highest BCUT2D eigenvalue weighted by Crippen LogP contribution is 2.03. The summed E-state index contributed by atoms with van der Waals surface area (Å²) in [6, 6.07) is 0.757. The maximum absolute atomic E-state index is 5.45. The lowest BCUT2D eigenvalue weighted by Gasteiger charge is -1.84. The summed E-state index contributed by atoms with van der Waals surface area (Å²) >= 11 is 16.1. The summed E-state index contributed by atoms with van der Waals surface area (Å²) in [5, 5.41) is 0. The number of halogens is 3. The van der Waals surface area contributed by atoms with Gasteiger partial charge in [0, 0.05) is 5.54 Å². The van der Waals surface area contributed by atoms with Crippen molar-refractivity contribution < 1.29 is 0 Å². The summed E-state index contributed by atoms with van der Waals surface area (Å²) in [5.41, 5.74) is 1.44. The first-order chi connectivity index (χ1) is 3.27. The van der Waals surface area contributed by atoms with Gasteiger partial charge < -0.3 is 0 Å². The molecule has 0 saturated heterocycles. The van der Waals surface area contributed by atoms with Crippen LogP contribution in [0.5, 0.6) is 0 Å². The van der Waals surface area contributed by atoms with Crippen LogP contribution in [0.1, 0.15) is 0 Å². The molecule has 0 N–H and O–H groups in total. The largest absolute Gasteiger partial charge is 0.240 e. The molecule has 0 aromatic heterocycles. The Kier molecular flexibility index (Phi) is 5.56. The fourth-order valence-corrected chi connectivity index (χ4v) is 1.39. The van der Waals surface area contributed by atoms with Crippen LogP contribution < -0.4 is 0 Å². The van der Waals surface area contributed by atoms with E-state index < -0.39 is 7.42 Å². The molecule has 0 heterocycles. The summed E-state index contributed by atoms with van der Waals surface area (Å²) in [7, 11) is -1.41. The lowest BCUT2D eigenvalue weighted by Crippen LogP contribution is -1.85. The Hall–Kier alpha value is 0.827. The molecule has 0 rings (SSSR count). The number of hydrogen-bond donors (Lipinski definition) is 0. The van der Waals surface area contributed by atoms with Crippen LogP contribution in [0.15, 0.2) is 11.6 Å². The predicted octanol–water partition coefficient (Wildman–Crippen LogP) is 2.44. The first-order valence-corrected chi connectivity index (χ1v) is 6.55. The number of rotatable bonds is 2. The minimum atomic E-state index is -1.41. The Labute approximate surface area is 59.1 Å². The van der Waals surface area contributed by atoms with Crippen LogP contribution in [0, 0.1) is 0 Å². The number of hydrogen-bond acceptors (Lipinski definition) is 0. The molecule has 0 aromatic rings. The van der Waals surface area contributed by atoms with E-state index in [9.17, 15) is 0 Å². The van der Waals surface area contributed by atoms with Crippen molar-refractivity contribution in [3.8, 4) is 0 Å². The highest BCUT2D eigenvalue weighted by atomic mass is 35.7. The second-order valence-electron chi connectivity index (χ2n) is 0.988. The van der Waals surface area contributed by atoms with Gasteiger partial charge >= 0.3 is 0 Å². The van der Waals surface area contributed by atoms with Crippen LogP contribution in [0.2, 0.25) is 6.04 Å². The molecule has 7 heavy (non-hydrogen) atoms. The zero-order valence-corrected chi connectivity index (χ0v) is 7.00. The molecule has 0 unspecified atom stereocenters. The summed E-state index contributed by atoms with van der Waals surface area (Å²) in [6.07, 6.45) is 1.76. The molecule has 4 heteroatoms. The first-order valence-electron chi connectivity index (χ1n) is 1.80. The van der Waals surface area contributed by atoms with Gasteiger partial charge in [-0.25, -0.2) is 0 Å². The van der Waals surface area contributed by atoms with Crippen molar-refractivity contribution in [3.05, 3.63) is 11.6 Å². The molecule has 0 nitrogen and oxygen atoms in total. The van der Waals surface area contributed by atoms with E-state index in [-0.39, 0.29) is 0 Å². The third kappa shape index (κ3) is 6.83. The molecule has 0 aromatic carbocycles. The molecular weight excluding hydrogens is 170 g/mol. The van der Waals surface area contributed by atoms with Gasteiger partial charge in [0.2, 0.25) is 7.42 Å². The van der Waals surface area contributed by atoms with Crippen LogP contribution in [-0.4, -0.2) is 7.42 Å². The SMILES string of the molecule is ClC=CC[SiH](Cl)Cl. The minimum Gasteiger partial charge on any atom is -0.150 e. The lowest BCUT2D eigenvalue weighted by molar-refractivity contribution is 1.73. The molecule has 0 bridgehead atoms. The second kappa shape index (κ2) is 4.97.